The molecule has 0 bridgehead atoms. The van der Waals surface area contributed by atoms with Crippen LogP contribution < -0.4 is 5.32 Å². The molecule has 2 amide bonds. The lowest BCUT2D eigenvalue weighted by Gasteiger charge is -2.33. The number of piperazine rings is 1. The summed E-state index contributed by atoms with van der Waals surface area (Å²) in [5.41, 5.74) is 1.95. The second kappa shape index (κ2) is 7.90. The number of amides is 2. The topological polar surface area (TPSA) is 79.4 Å². The van der Waals surface area contributed by atoms with Crippen LogP contribution in [0, 0.1) is 13.8 Å². The summed E-state index contributed by atoms with van der Waals surface area (Å²) in [5.74, 6) is 2.36. The Morgan fingerprint density at radius 1 is 1.27 bits per heavy atom. The summed E-state index contributed by atoms with van der Waals surface area (Å²) in [6.45, 7) is 9.67. The predicted molar refractivity (Wildman–Crippen MR) is 99.0 cm³/mol. The summed E-state index contributed by atoms with van der Waals surface area (Å²) < 4.78 is 7.38. The number of nitrogens with one attached hydrogen (secondary N) is 1. The van der Waals surface area contributed by atoms with Crippen molar-refractivity contribution < 1.29 is 9.21 Å². The van der Waals surface area contributed by atoms with Gasteiger partial charge in [0.25, 0.3) is 0 Å². The van der Waals surface area contributed by atoms with Gasteiger partial charge in [0.2, 0.25) is 5.89 Å². The number of nitrogens with zero attached hydrogens (tertiary/aromatic N) is 5. The Bertz CT molecular complexity index is 738. The Labute approximate surface area is 154 Å². The number of aromatic nitrogens is 3. The van der Waals surface area contributed by atoms with Crippen molar-refractivity contribution >= 4 is 11.8 Å². The van der Waals surface area contributed by atoms with Crippen LogP contribution in [0.3, 0.4) is 0 Å². The van der Waals surface area contributed by atoms with E-state index in [9.17, 15) is 4.79 Å². The maximum atomic E-state index is 12.5. The highest BCUT2D eigenvalue weighted by atomic mass is 16.4. The normalized spacial score (nSPS) is 15.5. The van der Waals surface area contributed by atoms with Crippen LogP contribution in [-0.2, 0) is 20.0 Å². The van der Waals surface area contributed by atoms with Crippen molar-refractivity contribution in [2.75, 3.05) is 31.5 Å². The van der Waals surface area contributed by atoms with Gasteiger partial charge in [0.05, 0.1) is 17.9 Å². The van der Waals surface area contributed by atoms with Crippen LogP contribution in [0.25, 0.3) is 0 Å². The molecule has 3 heterocycles. The van der Waals surface area contributed by atoms with E-state index in [2.05, 4.69) is 27.2 Å². The summed E-state index contributed by atoms with van der Waals surface area (Å²) >= 11 is 0. The number of carbonyl (C=O) groups is 1. The summed E-state index contributed by atoms with van der Waals surface area (Å²) in [6.07, 6.45) is 1.96. The van der Waals surface area contributed by atoms with E-state index in [0.717, 1.165) is 54.8 Å². The molecule has 142 valence electrons. The molecule has 0 aromatic carbocycles. The Balaban J connectivity index is 1.50. The third-order valence-corrected chi connectivity index (χ3v) is 4.76. The van der Waals surface area contributed by atoms with E-state index in [1.807, 2.05) is 31.9 Å². The lowest BCUT2D eigenvalue weighted by molar-refractivity contribution is 0.135. The van der Waals surface area contributed by atoms with E-state index in [1.165, 1.54) is 0 Å². The highest BCUT2D eigenvalue weighted by Gasteiger charge is 2.23. The predicted octanol–water partition coefficient (Wildman–Crippen LogP) is 2.33. The number of oxazole rings is 1. The van der Waals surface area contributed by atoms with Gasteiger partial charge in [-0.05, 0) is 20.3 Å². The van der Waals surface area contributed by atoms with E-state index in [-0.39, 0.29) is 6.03 Å². The second-order valence-corrected chi connectivity index (χ2v) is 6.84. The zero-order chi connectivity index (χ0) is 18.7. The Morgan fingerprint density at radius 2 is 2.00 bits per heavy atom. The number of hydrogen-bond acceptors (Lipinski definition) is 5. The number of carbonyl (C=O) groups excluding carboxylic acids is 1. The van der Waals surface area contributed by atoms with Crippen LogP contribution >= 0.6 is 0 Å². The van der Waals surface area contributed by atoms with E-state index < -0.39 is 0 Å². The van der Waals surface area contributed by atoms with Gasteiger partial charge in [0.15, 0.2) is 0 Å². The van der Waals surface area contributed by atoms with Gasteiger partial charge in [-0.3, -0.25) is 14.9 Å². The van der Waals surface area contributed by atoms with Crippen LogP contribution in [0.2, 0.25) is 0 Å². The molecule has 0 atom stereocenters. The third-order valence-electron chi connectivity index (χ3n) is 4.76. The molecule has 8 nitrogen and oxygen atoms in total. The van der Waals surface area contributed by atoms with Gasteiger partial charge in [-0.15, -0.1) is 0 Å². The van der Waals surface area contributed by atoms with E-state index >= 15 is 0 Å². The number of anilines is 1. The first-order valence-corrected chi connectivity index (χ1v) is 9.20. The zero-order valence-corrected chi connectivity index (χ0v) is 16.1. The van der Waals surface area contributed by atoms with Crippen molar-refractivity contribution in [1.29, 1.82) is 0 Å². The Morgan fingerprint density at radius 3 is 2.62 bits per heavy atom. The first-order valence-electron chi connectivity index (χ1n) is 9.20. The van der Waals surface area contributed by atoms with Crippen molar-refractivity contribution in [3.05, 3.63) is 29.1 Å². The van der Waals surface area contributed by atoms with E-state index in [0.29, 0.717) is 19.6 Å². The molecule has 0 unspecified atom stereocenters. The van der Waals surface area contributed by atoms with Gasteiger partial charge in [-0.1, -0.05) is 13.3 Å². The summed E-state index contributed by atoms with van der Waals surface area (Å²) in [4.78, 5) is 21.1. The fourth-order valence-corrected chi connectivity index (χ4v) is 3.12. The maximum absolute atomic E-state index is 12.5. The molecule has 1 aliphatic rings. The molecule has 0 spiro atoms. The first kappa shape index (κ1) is 18.4. The molecule has 1 aliphatic heterocycles. The fraction of sp³-hybridized carbons (Fsp3) is 0.611. The summed E-state index contributed by atoms with van der Waals surface area (Å²) in [7, 11) is 1.85. The van der Waals surface area contributed by atoms with Crippen molar-refractivity contribution in [1.82, 2.24) is 24.6 Å². The molecule has 1 N–H and O–H groups in total. The number of hydrogen-bond donors (Lipinski definition) is 1. The van der Waals surface area contributed by atoms with Gasteiger partial charge in [0, 0.05) is 39.3 Å². The minimum Gasteiger partial charge on any atom is -0.444 e. The van der Waals surface area contributed by atoms with Crippen molar-refractivity contribution in [3.63, 3.8) is 0 Å². The van der Waals surface area contributed by atoms with Crippen LogP contribution in [0.15, 0.2) is 10.5 Å². The number of rotatable bonds is 5. The molecule has 1 fully saturated rings. The summed E-state index contributed by atoms with van der Waals surface area (Å²) in [5, 5.41) is 7.40. The van der Waals surface area contributed by atoms with Crippen molar-refractivity contribution in [2.24, 2.45) is 7.05 Å². The van der Waals surface area contributed by atoms with Crippen molar-refractivity contribution in [3.8, 4) is 0 Å². The lowest BCUT2D eigenvalue weighted by Crippen LogP contribution is -2.49. The van der Waals surface area contributed by atoms with Crippen LogP contribution in [-0.4, -0.2) is 56.8 Å². The molecule has 26 heavy (non-hydrogen) atoms. The number of aryl methyl sites for hydroxylation is 4. The third kappa shape index (κ3) is 4.24. The minimum atomic E-state index is -0.0708. The summed E-state index contributed by atoms with van der Waals surface area (Å²) in [6, 6.07) is 1.88. The van der Waals surface area contributed by atoms with E-state index in [4.69, 9.17) is 4.42 Å². The van der Waals surface area contributed by atoms with Crippen LogP contribution in [0.5, 0.6) is 0 Å². The molecule has 1 saturated heterocycles. The Hall–Kier alpha value is -2.35. The molecule has 0 saturated carbocycles. The highest BCUT2D eigenvalue weighted by molar-refractivity contribution is 5.88. The molecule has 3 rings (SSSR count). The molecular formula is C18H28N6O2. The number of urea groups is 1. The van der Waals surface area contributed by atoms with Crippen LogP contribution in [0.1, 0.15) is 36.4 Å². The lowest BCUT2D eigenvalue weighted by atomic mass is 10.2. The fourth-order valence-electron chi connectivity index (χ4n) is 3.12. The van der Waals surface area contributed by atoms with Gasteiger partial charge >= 0.3 is 6.03 Å². The smallest absolute Gasteiger partial charge is 0.323 e. The first-order chi connectivity index (χ1) is 12.5. The zero-order valence-electron chi connectivity index (χ0n) is 16.1. The molecule has 0 radical (unpaired) electrons. The SMILES string of the molecule is CCCc1cc(NC(=O)N2CCN(Cc3nc(C)c(C)o3)CC2)n(C)n1. The molecular weight excluding hydrogens is 332 g/mol. The van der Waals surface area contributed by atoms with Gasteiger partial charge < -0.3 is 9.32 Å². The van der Waals surface area contributed by atoms with Gasteiger partial charge in [0.1, 0.15) is 11.6 Å². The monoisotopic (exact) mass is 360 g/mol. The molecule has 8 heteroatoms. The van der Waals surface area contributed by atoms with Crippen molar-refractivity contribution in [2.45, 2.75) is 40.2 Å². The van der Waals surface area contributed by atoms with Gasteiger partial charge in [-0.25, -0.2) is 9.78 Å². The van der Waals surface area contributed by atoms with E-state index in [1.54, 1.807) is 4.68 Å². The largest absolute Gasteiger partial charge is 0.444 e. The Kier molecular flexibility index (Phi) is 5.61. The average Bonchev–Trinajstić information content (AvgIpc) is 3.10. The van der Waals surface area contributed by atoms with Gasteiger partial charge in [-0.2, -0.15) is 5.10 Å². The quantitative estimate of drug-likeness (QED) is 0.885. The minimum absolute atomic E-state index is 0.0708. The highest BCUT2D eigenvalue weighted by Crippen LogP contribution is 2.14. The maximum Gasteiger partial charge on any atom is 0.323 e. The molecule has 2 aromatic rings. The second-order valence-electron chi connectivity index (χ2n) is 6.84. The molecule has 2 aromatic heterocycles. The molecule has 0 aliphatic carbocycles. The standard InChI is InChI=1S/C18H28N6O2/c1-5-6-15-11-16(22(4)21-15)20-18(25)24-9-7-23(8-10-24)12-17-19-13(2)14(3)26-17/h11H,5-10,12H2,1-4H3,(H,20,25). The average molecular weight is 360 g/mol. The van der Waals surface area contributed by atoms with Crippen LogP contribution in [0.4, 0.5) is 10.6 Å².